The Labute approximate surface area is 138 Å². The van der Waals surface area contributed by atoms with Gasteiger partial charge in [-0.25, -0.2) is 8.42 Å². The number of guanidine groups is 1. The molecule has 1 rings (SSSR count). The van der Waals surface area contributed by atoms with Gasteiger partial charge in [-0.3, -0.25) is 4.99 Å². The number of sulfone groups is 1. The van der Waals surface area contributed by atoms with E-state index in [0.29, 0.717) is 24.5 Å². The highest BCUT2D eigenvalue weighted by molar-refractivity contribution is 7.90. The predicted octanol–water partition coefficient (Wildman–Crippen LogP) is 1.51. The molecule has 0 radical (unpaired) electrons. The number of aryl methyl sites for hydroxylation is 1. The maximum atomic E-state index is 11.1. The third-order valence-corrected chi connectivity index (χ3v) is 4.34. The lowest BCUT2D eigenvalue weighted by Crippen LogP contribution is -2.39. The minimum Gasteiger partial charge on any atom is -0.357 e. The quantitative estimate of drug-likeness (QED) is 0.461. The first-order valence-electron chi connectivity index (χ1n) is 7.21. The van der Waals surface area contributed by atoms with Crippen LogP contribution in [0.5, 0.6) is 0 Å². The first-order chi connectivity index (χ1) is 10.2. The van der Waals surface area contributed by atoms with E-state index in [4.69, 9.17) is 11.6 Å². The van der Waals surface area contributed by atoms with E-state index in [1.165, 1.54) is 6.26 Å². The van der Waals surface area contributed by atoms with E-state index in [1.54, 1.807) is 0 Å². The average Bonchev–Trinajstić information content (AvgIpc) is 2.70. The molecule has 126 valence electrons. The fourth-order valence-corrected chi connectivity index (χ4v) is 2.95. The second-order valence-electron chi connectivity index (χ2n) is 5.34. The Balaban J connectivity index is 2.66. The molecular formula is C14H25ClN4O2S. The summed E-state index contributed by atoms with van der Waals surface area (Å²) in [7, 11) is 0.966. The highest BCUT2D eigenvalue weighted by Crippen LogP contribution is 2.14. The van der Waals surface area contributed by atoms with Gasteiger partial charge in [0.2, 0.25) is 0 Å². The zero-order valence-electron chi connectivity index (χ0n) is 13.6. The van der Waals surface area contributed by atoms with Crippen molar-refractivity contribution in [2.45, 2.75) is 19.9 Å². The molecule has 0 saturated heterocycles. The lowest BCUT2D eigenvalue weighted by molar-refractivity contribution is 0.462. The number of halogens is 1. The highest BCUT2D eigenvalue weighted by atomic mass is 35.5. The Morgan fingerprint density at radius 1 is 1.50 bits per heavy atom. The second-order valence-corrected chi connectivity index (χ2v) is 8.03. The van der Waals surface area contributed by atoms with Crippen LogP contribution in [0, 0.1) is 0 Å². The van der Waals surface area contributed by atoms with E-state index < -0.39 is 9.84 Å². The number of nitrogens with one attached hydrogen (secondary N) is 1. The Bertz CT molecular complexity index is 610. The second kappa shape index (κ2) is 8.43. The molecule has 1 aromatic rings. The van der Waals surface area contributed by atoms with Crippen molar-refractivity contribution >= 4 is 27.4 Å². The van der Waals surface area contributed by atoms with Crippen LogP contribution in [-0.2, 0) is 23.4 Å². The van der Waals surface area contributed by atoms with Gasteiger partial charge in [-0.15, -0.1) is 0 Å². The minimum absolute atomic E-state index is 0.160. The molecule has 0 atom stereocenters. The van der Waals surface area contributed by atoms with Gasteiger partial charge in [0.1, 0.15) is 9.84 Å². The zero-order chi connectivity index (χ0) is 16.8. The number of nitrogens with zero attached hydrogens (tertiary/aromatic N) is 3. The van der Waals surface area contributed by atoms with Crippen LogP contribution in [0.1, 0.15) is 19.0 Å². The predicted molar refractivity (Wildman–Crippen MR) is 92.2 cm³/mol. The molecule has 1 N–H and O–H groups in total. The molecule has 0 fully saturated rings. The maximum Gasteiger partial charge on any atom is 0.194 e. The molecule has 0 amide bonds. The largest absolute Gasteiger partial charge is 0.357 e. The first-order valence-corrected chi connectivity index (χ1v) is 9.64. The van der Waals surface area contributed by atoms with Crippen molar-refractivity contribution in [3.8, 4) is 0 Å². The maximum absolute atomic E-state index is 11.1. The first kappa shape index (κ1) is 18.8. The molecule has 0 aliphatic rings. The molecule has 0 bridgehead atoms. The lowest BCUT2D eigenvalue weighted by Gasteiger charge is -2.22. The lowest BCUT2D eigenvalue weighted by atomic mass is 10.4. The van der Waals surface area contributed by atoms with Gasteiger partial charge in [0.25, 0.3) is 0 Å². The van der Waals surface area contributed by atoms with E-state index in [9.17, 15) is 8.42 Å². The van der Waals surface area contributed by atoms with E-state index >= 15 is 0 Å². The summed E-state index contributed by atoms with van der Waals surface area (Å²) in [6.07, 6.45) is 3.63. The molecule has 6 nitrogen and oxygen atoms in total. The Kier molecular flexibility index (Phi) is 7.22. The third-order valence-electron chi connectivity index (χ3n) is 3.10. The Morgan fingerprint density at radius 2 is 2.18 bits per heavy atom. The molecular weight excluding hydrogens is 324 g/mol. The van der Waals surface area contributed by atoms with E-state index in [-0.39, 0.29) is 5.75 Å². The van der Waals surface area contributed by atoms with Gasteiger partial charge in [-0.1, -0.05) is 11.6 Å². The van der Waals surface area contributed by atoms with Crippen LogP contribution >= 0.6 is 11.6 Å². The summed E-state index contributed by atoms with van der Waals surface area (Å²) in [6, 6.07) is 1.92. The number of aliphatic imine (C=N–C) groups is 1. The van der Waals surface area contributed by atoms with Crippen molar-refractivity contribution in [2.75, 3.05) is 32.1 Å². The number of rotatable bonds is 7. The molecule has 0 unspecified atom stereocenters. The summed E-state index contributed by atoms with van der Waals surface area (Å²) in [5.74, 6) is 0.917. The summed E-state index contributed by atoms with van der Waals surface area (Å²) < 4.78 is 24.2. The van der Waals surface area contributed by atoms with Gasteiger partial charge in [0.05, 0.1) is 17.3 Å². The molecule has 22 heavy (non-hydrogen) atoms. The van der Waals surface area contributed by atoms with Crippen molar-refractivity contribution in [1.29, 1.82) is 0 Å². The van der Waals surface area contributed by atoms with Gasteiger partial charge < -0.3 is 14.8 Å². The van der Waals surface area contributed by atoms with Crippen LogP contribution in [0.3, 0.4) is 0 Å². The topological polar surface area (TPSA) is 66.7 Å². The molecule has 1 heterocycles. The van der Waals surface area contributed by atoms with Crippen molar-refractivity contribution in [2.24, 2.45) is 12.0 Å². The van der Waals surface area contributed by atoms with E-state index in [2.05, 4.69) is 10.3 Å². The third kappa shape index (κ3) is 6.70. The van der Waals surface area contributed by atoms with Crippen molar-refractivity contribution in [1.82, 2.24) is 14.8 Å². The number of hydrogen-bond donors (Lipinski definition) is 1. The fourth-order valence-electron chi connectivity index (χ4n) is 2.02. The molecule has 1 aromatic heterocycles. The van der Waals surface area contributed by atoms with E-state index in [0.717, 1.165) is 18.2 Å². The van der Waals surface area contributed by atoms with Crippen LogP contribution in [0.4, 0.5) is 0 Å². The van der Waals surface area contributed by atoms with Crippen molar-refractivity contribution in [3.05, 3.63) is 23.0 Å². The standard InChI is InChI=1S/C14H25ClN4O2S/c1-5-16-14(17-7-6-8-22(4,20)21)19(3)11-13-9-12(15)10-18(13)2/h9-10H,5-8,11H2,1-4H3,(H,16,17). The Hall–Kier alpha value is -1.21. The van der Waals surface area contributed by atoms with Crippen LogP contribution in [0.2, 0.25) is 5.02 Å². The summed E-state index contributed by atoms with van der Waals surface area (Å²) in [5, 5.41) is 3.92. The van der Waals surface area contributed by atoms with Crippen molar-refractivity contribution in [3.63, 3.8) is 0 Å². The molecule has 0 aliphatic carbocycles. The molecule has 0 aliphatic heterocycles. The van der Waals surface area contributed by atoms with Crippen LogP contribution in [0.15, 0.2) is 17.3 Å². The van der Waals surface area contributed by atoms with Crippen LogP contribution < -0.4 is 5.32 Å². The molecule has 0 aromatic carbocycles. The zero-order valence-corrected chi connectivity index (χ0v) is 15.2. The normalized spacial score (nSPS) is 12.5. The summed E-state index contributed by atoms with van der Waals surface area (Å²) >= 11 is 5.99. The van der Waals surface area contributed by atoms with E-state index in [1.807, 2.05) is 42.7 Å². The van der Waals surface area contributed by atoms with Gasteiger partial charge in [-0.2, -0.15) is 0 Å². The monoisotopic (exact) mass is 348 g/mol. The summed E-state index contributed by atoms with van der Waals surface area (Å²) in [4.78, 5) is 6.47. The fraction of sp³-hybridized carbons (Fsp3) is 0.643. The molecule has 8 heteroatoms. The molecule has 0 spiro atoms. The van der Waals surface area contributed by atoms with Gasteiger partial charge in [-0.05, 0) is 19.4 Å². The van der Waals surface area contributed by atoms with Gasteiger partial charge in [0, 0.05) is 45.3 Å². The van der Waals surface area contributed by atoms with Crippen molar-refractivity contribution < 1.29 is 8.42 Å². The number of aromatic nitrogens is 1. The van der Waals surface area contributed by atoms with Gasteiger partial charge in [0.15, 0.2) is 5.96 Å². The SMILES string of the molecule is CCNC(=NCCCS(C)(=O)=O)N(C)Cc1cc(Cl)cn1C. The van der Waals surface area contributed by atoms with Crippen LogP contribution in [0.25, 0.3) is 0 Å². The average molecular weight is 349 g/mol. The van der Waals surface area contributed by atoms with Crippen LogP contribution in [-0.4, -0.2) is 56.0 Å². The minimum atomic E-state index is -2.93. The molecule has 0 saturated carbocycles. The Morgan fingerprint density at radius 3 is 2.68 bits per heavy atom. The number of hydrogen-bond acceptors (Lipinski definition) is 3. The summed E-state index contributed by atoms with van der Waals surface area (Å²) in [5.41, 5.74) is 1.08. The van der Waals surface area contributed by atoms with Gasteiger partial charge >= 0.3 is 0 Å². The highest BCUT2D eigenvalue weighted by Gasteiger charge is 2.10. The summed E-state index contributed by atoms with van der Waals surface area (Å²) in [6.45, 7) is 3.90. The smallest absolute Gasteiger partial charge is 0.194 e.